The first kappa shape index (κ1) is 26.9. The summed E-state index contributed by atoms with van der Waals surface area (Å²) < 4.78 is 15.9. The molecule has 0 bridgehead atoms. The van der Waals surface area contributed by atoms with Gasteiger partial charge in [0, 0.05) is 45.3 Å². The summed E-state index contributed by atoms with van der Waals surface area (Å²) in [4.78, 5) is 26.2. The number of hydrogen-bond donors (Lipinski definition) is 1. The van der Waals surface area contributed by atoms with Gasteiger partial charge in [0.05, 0.1) is 5.92 Å². The molecule has 33 heavy (non-hydrogen) atoms. The summed E-state index contributed by atoms with van der Waals surface area (Å²) in [5.74, 6) is 0.162. The average molecular weight is 465 g/mol. The van der Waals surface area contributed by atoms with Gasteiger partial charge in [-0.3, -0.25) is 9.59 Å². The Kier molecular flexibility index (Phi) is 11.5. The van der Waals surface area contributed by atoms with Gasteiger partial charge in [-0.15, -0.1) is 0 Å². The Hall–Kier alpha value is -2.32. The average Bonchev–Trinajstić information content (AvgIpc) is 3.41. The SMILES string of the molecule is CCCCN(C=O)CCCC.COCCC1C(C(=O)O)C(c2ccc3c(c2)OCO3)CN1C. The van der Waals surface area contributed by atoms with Crippen LogP contribution in [-0.2, 0) is 14.3 Å². The first-order valence-corrected chi connectivity index (χ1v) is 12.0. The van der Waals surface area contributed by atoms with Crippen LogP contribution in [-0.4, -0.2) is 80.5 Å². The third kappa shape index (κ3) is 7.61. The van der Waals surface area contributed by atoms with Gasteiger partial charge in [-0.05, 0) is 44.0 Å². The van der Waals surface area contributed by atoms with Crippen molar-refractivity contribution in [2.24, 2.45) is 5.92 Å². The number of methoxy groups -OCH3 is 1. The summed E-state index contributed by atoms with van der Waals surface area (Å²) in [6, 6.07) is 5.70. The van der Waals surface area contributed by atoms with E-state index in [9.17, 15) is 14.7 Å². The van der Waals surface area contributed by atoms with Crippen molar-refractivity contribution in [2.75, 3.05) is 47.2 Å². The van der Waals surface area contributed by atoms with Crippen LogP contribution in [0.15, 0.2) is 18.2 Å². The molecule has 1 saturated heterocycles. The standard InChI is InChI=1S/C16H21NO5.C9H19NO/c1-17-8-11(15(16(18)19)12(17)5-6-20-2)10-3-4-13-14(7-10)22-9-21-13;1-3-5-7-10(9-11)8-6-4-2/h3-4,7,11-12,15H,5-6,8-9H2,1-2H3,(H,18,19);9H,3-8H2,1-2H3. The first-order valence-electron chi connectivity index (χ1n) is 12.0. The summed E-state index contributed by atoms with van der Waals surface area (Å²) in [6.07, 6.45) is 6.26. The summed E-state index contributed by atoms with van der Waals surface area (Å²) in [6.45, 7) is 7.64. The van der Waals surface area contributed by atoms with Crippen molar-refractivity contribution in [1.29, 1.82) is 0 Å². The molecular formula is C25H40N2O6. The third-order valence-electron chi connectivity index (χ3n) is 6.37. The van der Waals surface area contributed by atoms with E-state index in [0.29, 0.717) is 25.3 Å². The van der Waals surface area contributed by atoms with E-state index >= 15 is 0 Å². The summed E-state index contributed by atoms with van der Waals surface area (Å²) in [5.41, 5.74) is 0.989. The van der Waals surface area contributed by atoms with E-state index < -0.39 is 11.9 Å². The molecule has 2 aliphatic heterocycles. The number of likely N-dealkylation sites (N-methyl/N-ethyl adjacent to an activating group) is 1. The molecule has 1 aromatic rings. The van der Waals surface area contributed by atoms with Crippen LogP contribution >= 0.6 is 0 Å². The van der Waals surface area contributed by atoms with Crippen molar-refractivity contribution >= 4 is 12.4 Å². The van der Waals surface area contributed by atoms with Crippen molar-refractivity contribution < 1.29 is 28.9 Å². The molecule has 3 atom stereocenters. The van der Waals surface area contributed by atoms with Gasteiger partial charge >= 0.3 is 5.97 Å². The zero-order chi connectivity index (χ0) is 24.2. The lowest BCUT2D eigenvalue weighted by atomic mass is 9.84. The minimum Gasteiger partial charge on any atom is -0.481 e. The van der Waals surface area contributed by atoms with Crippen molar-refractivity contribution in [3.8, 4) is 11.5 Å². The van der Waals surface area contributed by atoms with Gasteiger partial charge in [0.25, 0.3) is 0 Å². The molecule has 3 unspecified atom stereocenters. The van der Waals surface area contributed by atoms with Crippen LogP contribution in [0.2, 0.25) is 0 Å². The number of aliphatic carboxylic acids is 1. The van der Waals surface area contributed by atoms with Crippen LogP contribution in [0, 0.1) is 5.92 Å². The number of carbonyl (C=O) groups excluding carboxylic acids is 1. The van der Waals surface area contributed by atoms with Crippen molar-refractivity contribution in [2.45, 2.75) is 57.9 Å². The number of amides is 1. The second kappa shape index (κ2) is 14.1. The number of likely N-dealkylation sites (tertiary alicyclic amines) is 1. The number of carboxylic acids is 1. The quantitative estimate of drug-likeness (QED) is 0.473. The second-order valence-electron chi connectivity index (χ2n) is 8.72. The predicted octanol–water partition coefficient (Wildman–Crippen LogP) is 3.60. The number of unbranched alkanes of at least 4 members (excludes halogenated alkanes) is 2. The van der Waals surface area contributed by atoms with E-state index in [1.807, 2.05) is 30.1 Å². The number of carbonyl (C=O) groups is 2. The number of rotatable bonds is 12. The van der Waals surface area contributed by atoms with Crippen LogP contribution in [0.25, 0.3) is 0 Å². The summed E-state index contributed by atoms with van der Waals surface area (Å²) >= 11 is 0. The molecule has 2 aliphatic rings. The Bertz CT molecular complexity index is 736. The molecule has 1 N–H and O–H groups in total. The molecule has 0 aliphatic carbocycles. The molecule has 3 rings (SSSR count). The highest BCUT2D eigenvalue weighted by Gasteiger charge is 2.45. The first-order chi connectivity index (χ1) is 16.0. The highest BCUT2D eigenvalue weighted by Crippen LogP contribution is 2.42. The van der Waals surface area contributed by atoms with Gasteiger partial charge in [0.2, 0.25) is 13.2 Å². The second-order valence-corrected chi connectivity index (χ2v) is 8.72. The normalized spacial score (nSPS) is 21.4. The summed E-state index contributed by atoms with van der Waals surface area (Å²) in [7, 11) is 3.61. The largest absolute Gasteiger partial charge is 0.481 e. The lowest BCUT2D eigenvalue weighted by molar-refractivity contribution is -0.143. The number of carboxylic acid groups (broad SMARTS) is 1. The van der Waals surface area contributed by atoms with Gasteiger partial charge in [0.1, 0.15) is 0 Å². The van der Waals surface area contributed by atoms with Crippen molar-refractivity contribution in [1.82, 2.24) is 9.80 Å². The van der Waals surface area contributed by atoms with Crippen LogP contribution < -0.4 is 9.47 Å². The molecule has 8 heteroatoms. The maximum atomic E-state index is 11.8. The molecule has 0 aromatic heterocycles. The zero-order valence-corrected chi connectivity index (χ0v) is 20.5. The van der Waals surface area contributed by atoms with Crippen LogP contribution in [0.5, 0.6) is 11.5 Å². The molecule has 0 radical (unpaired) electrons. The molecule has 0 spiro atoms. The highest BCUT2D eigenvalue weighted by atomic mass is 16.7. The van der Waals surface area contributed by atoms with E-state index in [1.165, 1.54) is 0 Å². The molecular weight excluding hydrogens is 424 g/mol. The molecule has 8 nitrogen and oxygen atoms in total. The monoisotopic (exact) mass is 464 g/mol. The molecule has 1 aromatic carbocycles. The Labute approximate surface area is 197 Å². The van der Waals surface area contributed by atoms with Crippen molar-refractivity contribution in [3.05, 3.63) is 23.8 Å². The lowest BCUT2D eigenvalue weighted by Gasteiger charge is -2.23. The fraction of sp³-hybridized carbons (Fsp3) is 0.680. The topological polar surface area (TPSA) is 88.5 Å². The van der Waals surface area contributed by atoms with E-state index in [0.717, 1.165) is 56.5 Å². The van der Waals surface area contributed by atoms with Crippen LogP contribution in [0.3, 0.4) is 0 Å². The van der Waals surface area contributed by atoms with Gasteiger partial charge in [-0.1, -0.05) is 32.8 Å². The zero-order valence-electron chi connectivity index (χ0n) is 20.5. The van der Waals surface area contributed by atoms with Gasteiger partial charge < -0.3 is 29.1 Å². The van der Waals surface area contributed by atoms with Gasteiger partial charge in [0.15, 0.2) is 11.5 Å². The summed E-state index contributed by atoms with van der Waals surface area (Å²) in [5, 5.41) is 9.70. The molecule has 0 saturated carbocycles. The lowest BCUT2D eigenvalue weighted by Crippen LogP contribution is -2.34. The number of benzene rings is 1. The predicted molar refractivity (Wildman–Crippen MR) is 127 cm³/mol. The minimum absolute atomic E-state index is 0.0205. The maximum Gasteiger partial charge on any atom is 0.308 e. The molecule has 1 amide bonds. The number of fused-ring (bicyclic) bond motifs is 1. The maximum absolute atomic E-state index is 11.8. The molecule has 2 heterocycles. The third-order valence-corrected chi connectivity index (χ3v) is 6.37. The fourth-order valence-electron chi connectivity index (χ4n) is 4.47. The Morgan fingerprint density at radius 3 is 2.45 bits per heavy atom. The highest BCUT2D eigenvalue weighted by molar-refractivity contribution is 5.73. The Morgan fingerprint density at radius 2 is 1.88 bits per heavy atom. The number of nitrogens with zero attached hydrogens (tertiary/aromatic N) is 2. The van der Waals surface area contributed by atoms with Gasteiger partial charge in [-0.25, -0.2) is 0 Å². The van der Waals surface area contributed by atoms with E-state index in [4.69, 9.17) is 14.2 Å². The minimum atomic E-state index is -0.756. The fourth-order valence-corrected chi connectivity index (χ4v) is 4.47. The molecule has 186 valence electrons. The van der Waals surface area contributed by atoms with Crippen LogP contribution in [0.1, 0.15) is 57.4 Å². The number of ether oxygens (including phenoxy) is 3. The number of hydrogen-bond acceptors (Lipinski definition) is 6. The van der Waals surface area contributed by atoms with E-state index in [1.54, 1.807) is 7.11 Å². The van der Waals surface area contributed by atoms with Gasteiger partial charge in [-0.2, -0.15) is 0 Å². The smallest absolute Gasteiger partial charge is 0.308 e. The Morgan fingerprint density at radius 1 is 1.21 bits per heavy atom. The van der Waals surface area contributed by atoms with Crippen LogP contribution in [0.4, 0.5) is 0 Å². The molecule has 1 fully saturated rings. The Balaban J connectivity index is 0.000000299. The van der Waals surface area contributed by atoms with E-state index in [-0.39, 0.29) is 18.8 Å². The van der Waals surface area contributed by atoms with Crippen molar-refractivity contribution in [3.63, 3.8) is 0 Å². The van der Waals surface area contributed by atoms with E-state index in [2.05, 4.69) is 18.7 Å².